The molecule has 0 spiro atoms. The van der Waals surface area contributed by atoms with Crippen LogP contribution in [-0.4, -0.2) is 48.8 Å². The minimum absolute atomic E-state index is 0.269. The van der Waals surface area contributed by atoms with Gasteiger partial charge in [0, 0.05) is 30.9 Å². The lowest BCUT2D eigenvalue weighted by molar-refractivity contribution is 0.174. The number of anilines is 3. The molecule has 0 atom stereocenters. The van der Waals surface area contributed by atoms with E-state index in [4.69, 9.17) is 9.47 Å². The summed E-state index contributed by atoms with van der Waals surface area (Å²) >= 11 is 0. The van der Waals surface area contributed by atoms with E-state index in [1.165, 1.54) is 0 Å². The summed E-state index contributed by atoms with van der Waals surface area (Å²) in [6.07, 6.45) is 0. The number of hydrogen-bond acceptors (Lipinski definition) is 7. The van der Waals surface area contributed by atoms with Crippen LogP contribution in [0.25, 0.3) is 0 Å². The van der Waals surface area contributed by atoms with E-state index in [1.807, 2.05) is 45.3 Å². The molecule has 7 nitrogen and oxygen atoms in total. The van der Waals surface area contributed by atoms with Gasteiger partial charge in [-0.1, -0.05) is 0 Å². The van der Waals surface area contributed by atoms with Crippen LogP contribution < -0.4 is 20.1 Å². The van der Waals surface area contributed by atoms with Crippen molar-refractivity contribution in [2.75, 3.05) is 44.6 Å². The molecule has 3 rings (SSSR count). The van der Waals surface area contributed by atoms with Gasteiger partial charge in [0.05, 0.1) is 0 Å². The highest BCUT2D eigenvalue weighted by atomic mass is 16.7. The Hall–Kier alpha value is -2.54. The van der Waals surface area contributed by atoms with Gasteiger partial charge in [0.15, 0.2) is 11.5 Å². The third-order valence-corrected chi connectivity index (χ3v) is 3.35. The Morgan fingerprint density at radius 3 is 2.70 bits per heavy atom. The molecule has 7 heteroatoms. The quantitative estimate of drug-likeness (QED) is 0.847. The van der Waals surface area contributed by atoms with Crippen molar-refractivity contribution in [1.82, 2.24) is 14.9 Å². The average molecular weight is 315 g/mol. The standard InChI is InChI=1S/C16H21N5O2/c1-11-18-15(17-6-7-21(2)3)9-16(19-11)20-12-4-5-13-14(8-12)23-10-22-13/h4-5,8-9H,6-7,10H2,1-3H3,(H2,17,18,19,20). The van der Waals surface area contributed by atoms with E-state index in [2.05, 4.69) is 25.5 Å². The first-order valence-electron chi connectivity index (χ1n) is 7.51. The molecular formula is C16H21N5O2. The molecule has 0 radical (unpaired) electrons. The van der Waals surface area contributed by atoms with E-state index in [0.29, 0.717) is 5.82 Å². The number of aromatic nitrogens is 2. The van der Waals surface area contributed by atoms with Gasteiger partial charge in [0.2, 0.25) is 6.79 Å². The zero-order valence-corrected chi connectivity index (χ0v) is 13.6. The van der Waals surface area contributed by atoms with Crippen LogP contribution in [0.2, 0.25) is 0 Å². The van der Waals surface area contributed by atoms with Crippen molar-refractivity contribution in [3.63, 3.8) is 0 Å². The van der Waals surface area contributed by atoms with Crippen molar-refractivity contribution in [2.45, 2.75) is 6.92 Å². The van der Waals surface area contributed by atoms with Gasteiger partial charge >= 0.3 is 0 Å². The molecule has 1 aliphatic heterocycles. The van der Waals surface area contributed by atoms with Gasteiger partial charge in [0.1, 0.15) is 17.5 Å². The summed E-state index contributed by atoms with van der Waals surface area (Å²) in [6, 6.07) is 7.62. The summed E-state index contributed by atoms with van der Waals surface area (Å²) < 4.78 is 10.7. The fourth-order valence-corrected chi connectivity index (χ4v) is 2.25. The highest BCUT2D eigenvalue weighted by Gasteiger charge is 2.13. The third-order valence-electron chi connectivity index (χ3n) is 3.35. The fraction of sp³-hybridized carbons (Fsp3) is 0.375. The van der Waals surface area contributed by atoms with Crippen LogP contribution in [0.4, 0.5) is 17.3 Å². The Balaban J connectivity index is 1.71. The van der Waals surface area contributed by atoms with E-state index >= 15 is 0 Å². The van der Waals surface area contributed by atoms with Gasteiger partial charge < -0.3 is 25.0 Å². The molecule has 0 saturated heterocycles. The first-order chi connectivity index (χ1) is 11.1. The topological polar surface area (TPSA) is 71.5 Å². The number of ether oxygens (including phenoxy) is 2. The number of likely N-dealkylation sites (N-methyl/N-ethyl adjacent to an activating group) is 1. The van der Waals surface area contributed by atoms with Gasteiger partial charge in [-0.15, -0.1) is 0 Å². The molecule has 1 aromatic carbocycles. The number of aryl methyl sites for hydroxylation is 1. The van der Waals surface area contributed by atoms with Gasteiger partial charge in [-0.2, -0.15) is 0 Å². The molecule has 23 heavy (non-hydrogen) atoms. The molecule has 0 amide bonds. The molecule has 0 fully saturated rings. The first-order valence-corrected chi connectivity index (χ1v) is 7.51. The highest BCUT2D eigenvalue weighted by molar-refractivity contribution is 5.63. The molecule has 2 aromatic rings. The Labute approximate surface area is 135 Å². The number of nitrogens with zero attached hydrogens (tertiary/aromatic N) is 3. The van der Waals surface area contributed by atoms with Crippen molar-refractivity contribution in [2.24, 2.45) is 0 Å². The maximum atomic E-state index is 5.39. The van der Waals surface area contributed by atoms with E-state index in [1.54, 1.807) is 0 Å². The number of rotatable bonds is 6. The second kappa shape index (κ2) is 6.70. The number of hydrogen-bond donors (Lipinski definition) is 2. The maximum absolute atomic E-state index is 5.39. The van der Waals surface area contributed by atoms with Crippen LogP contribution in [-0.2, 0) is 0 Å². The van der Waals surface area contributed by atoms with Crippen molar-refractivity contribution < 1.29 is 9.47 Å². The Kier molecular flexibility index (Phi) is 4.47. The highest BCUT2D eigenvalue weighted by Crippen LogP contribution is 2.35. The molecule has 1 aromatic heterocycles. The fourth-order valence-electron chi connectivity index (χ4n) is 2.25. The monoisotopic (exact) mass is 315 g/mol. The van der Waals surface area contributed by atoms with E-state index in [0.717, 1.165) is 41.9 Å². The van der Waals surface area contributed by atoms with E-state index < -0.39 is 0 Å². The van der Waals surface area contributed by atoms with Gasteiger partial charge in [-0.25, -0.2) is 9.97 Å². The normalized spacial score (nSPS) is 12.5. The van der Waals surface area contributed by atoms with Crippen molar-refractivity contribution >= 4 is 17.3 Å². The van der Waals surface area contributed by atoms with Crippen molar-refractivity contribution in [3.05, 3.63) is 30.1 Å². The second-order valence-corrected chi connectivity index (χ2v) is 5.61. The summed E-state index contributed by atoms with van der Waals surface area (Å²) in [4.78, 5) is 10.9. The third kappa shape index (κ3) is 4.01. The zero-order valence-electron chi connectivity index (χ0n) is 13.6. The molecule has 0 unspecified atom stereocenters. The first kappa shape index (κ1) is 15.4. The number of fused-ring (bicyclic) bond motifs is 1. The Morgan fingerprint density at radius 2 is 1.87 bits per heavy atom. The molecule has 0 saturated carbocycles. The SMILES string of the molecule is Cc1nc(NCCN(C)C)cc(Nc2ccc3c(c2)OCO3)n1. The van der Waals surface area contributed by atoms with Crippen LogP contribution in [0.3, 0.4) is 0 Å². The maximum Gasteiger partial charge on any atom is 0.231 e. The van der Waals surface area contributed by atoms with E-state index in [9.17, 15) is 0 Å². The molecule has 2 N–H and O–H groups in total. The average Bonchev–Trinajstić information content (AvgIpc) is 2.94. The number of nitrogens with one attached hydrogen (secondary N) is 2. The largest absolute Gasteiger partial charge is 0.454 e. The predicted molar refractivity (Wildman–Crippen MR) is 89.7 cm³/mol. The predicted octanol–water partition coefficient (Wildman–Crippen LogP) is 2.23. The summed E-state index contributed by atoms with van der Waals surface area (Å²) in [7, 11) is 4.08. The molecule has 0 bridgehead atoms. The Bertz CT molecular complexity index is 690. The molecule has 2 heterocycles. The lowest BCUT2D eigenvalue weighted by Crippen LogP contribution is -2.21. The summed E-state index contributed by atoms with van der Waals surface area (Å²) in [5.74, 6) is 3.76. The lowest BCUT2D eigenvalue weighted by atomic mass is 10.3. The van der Waals surface area contributed by atoms with E-state index in [-0.39, 0.29) is 6.79 Å². The molecular weight excluding hydrogens is 294 g/mol. The van der Waals surface area contributed by atoms with Crippen LogP contribution in [0.5, 0.6) is 11.5 Å². The van der Waals surface area contributed by atoms with Crippen LogP contribution in [0.15, 0.2) is 24.3 Å². The lowest BCUT2D eigenvalue weighted by Gasteiger charge is -2.12. The summed E-state index contributed by atoms with van der Waals surface area (Å²) in [5.41, 5.74) is 0.895. The van der Waals surface area contributed by atoms with Crippen molar-refractivity contribution in [3.8, 4) is 11.5 Å². The molecule has 0 aliphatic carbocycles. The molecule has 122 valence electrons. The molecule has 1 aliphatic rings. The smallest absolute Gasteiger partial charge is 0.231 e. The van der Waals surface area contributed by atoms with Crippen LogP contribution in [0, 0.1) is 6.92 Å². The summed E-state index contributed by atoms with van der Waals surface area (Å²) in [5, 5.41) is 6.58. The van der Waals surface area contributed by atoms with Crippen LogP contribution in [0.1, 0.15) is 5.82 Å². The summed E-state index contributed by atoms with van der Waals surface area (Å²) in [6.45, 7) is 3.91. The van der Waals surface area contributed by atoms with Crippen molar-refractivity contribution in [1.29, 1.82) is 0 Å². The number of benzene rings is 1. The van der Waals surface area contributed by atoms with Crippen LogP contribution >= 0.6 is 0 Å². The minimum atomic E-state index is 0.269. The minimum Gasteiger partial charge on any atom is -0.454 e. The zero-order chi connectivity index (χ0) is 16.2. The Morgan fingerprint density at radius 1 is 1.09 bits per heavy atom. The van der Waals surface area contributed by atoms with Gasteiger partial charge in [0.25, 0.3) is 0 Å². The second-order valence-electron chi connectivity index (χ2n) is 5.61. The van der Waals surface area contributed by atoms with Gasteiger partial charge in [-0.05, 0) is 33.2 Å². The van der Waals surface area contributed by atoms with Gasteiger partial charge in [-0.3, -0.25) is 0 Å².